The van der Waals surface area contributed by atoms with Gasteiger partial charge in [0.1, 0.15) is 5.82 Å². The van der Waals surface area contributed by atoms with Gasteiger partial charge < -0.3 is 20.7 Å². The lowest BCUT2D eigenvalue weighted by Crippen LogP contribution is -2.32. The number of carbonyl (C=O) groups is 1. The molecule has 1 aromatic heterocycles. The van der Waals surface area contributed by atoms with E-state index in [-0.39, 0.29) is 5.69 Å². The van der Waals surface area contributed by atoms with Crippen LogP contribution in [0, 0.1) is 5.82 Å². The number of hydrogen-bond donors (Lipinski definition) is 3. The lowest BCUT2D eigenvalue weighted by Gasteiger charge is -2.10. The summed E-state index contributed by atoms with van der Waals surface area (Å²) in [5.41, 5.74) is 0.115. The quantitative estimate of drug-likeness (QED) is 0.677. The van der Waals surface area contributed by atoms with Gasteiger partial charge in [0.2, 0.25) is 0 Å². The van der Waals surface area contributed by atoms with Crippen LogP contribution in [0.2, 0.25) is 0 Å². The van der Waals surface area contributed by atoms with Crippen LogP contribution in [0.1, 0.15) is 0 Å². The van der Waals surface area contributed by atoms with Gasteiger partial charge in [-0.15, -0.1) is 0 Å². The summed E-state index contributed by atoms with van der Waals surface area (Å²) < 4.78 is 41.5. The van der Waals surface area contributed by atoms with Gasteiger partial charge in [-0.3, -0.25) is 0 Å². The number of nitrogens with zero attached hydrogens (tertiary/aromatic N) is 1. The minimum absolute atomic E-state index is 0.115. The Morgan fingerprint density at radius 3 is 2.71 bits per heavy atom. The number of hydrogen-bond acceptors (Lipinski definition) is 4. The average molecular weight is 340 g/mol. The van der Waals surface area contributed by atoms with Crippen LogP contribution in [0.25, 0.3) is 0 Å². The third-order valence-electron chi connectivity index (χ3n) is 2.79. The van der Waals surface area contributed by atoms with E-state index in [1.54, 1.807) is 18.3 Å². The lowest BCUT2D eigenvalue weighted by atomic mass is 10.3. The fourth-order valence-corrected chi connectivity index (χ4v) is 1.78. The van der Waals surface area contributed by atoms with Crippen molar-refractivity contribution in [2.75, 3.05) is 23.7 Å². The highest BCUT2D eigenvalue weighted by Gasteiger charge is 2.11. The second-order valence-electron chi connectivity index (χ2n) is 4.55. The number of ether oxygens (including phenoxy) is 1. The van der Waals surface area contributed by atoms with Crippen LogP contribution >= 0.6 is 0 Å². The van der Waals surface area contributed by atoms with Crippen molar-refractivity contribution in [2.24, 2.45) is 0 Å². The van der Waals surface area contributed by atoms with Gasteiger partial charge in [0.25, 0.3) is 0 Å². The zero-order chi connectivity index (χ0) is 17.4. The minimum atomic E-state index is -3.12. The van der Waals surface area contributed by atoms with Gasteiger partial charge in [-0.25, -0.2) is 14.2 Å². The number of halogens is 3. The van der Waals surface area contributed by atoms with Gasteiger partial charge in [0.15, 0.2) is 11.6 Å². The van der Waals surface area contributed by atoms with Gasteiger partial charge in [-0.05, 0) is 24.3 Å². The minimum Gasteiger partial charge on any atom is -0.432 e. The number of aromatic nitrogens is 1. The molecule has 3 N–H and O–H groups in total. The summed E-state index contributed by atoms with van der Waals surface area (Å²) in [6.07, 6.45) is 1.64. The molecular formula is C15H15F3N4O2. The van der Waals surface area contributed by atoms with Crippen LogP contribution in [-0.2, 0) is 0 Å². The zero-order valence-corrected chi connectivity index (χ0v) is 12.4. The van der Waals surface area contributed by atoms with E-state index < -0.39 is 24.2 Å². The Kier molecular flexibility index (Phi) is 6.23. The van der Waals surface area contributed by atoms with Crippen LogP contribution in [0.3, 0.4) is 0 Å². The normalized spacial score (nSPS) is 10.3. The molecule has 1 aromatic carbocycles. The molecule has 2 rings (SSSR count). The number of nitrogens with one attached hydrogen (secondary N) is 3. The van der Waals surface area contributed by atoms with Crippen LogP contribution < -0.4 is 20.7 Å². The molecule has 0 radical (unpaired) electrons. The number of pyridine rings is 1. The van der Waals surface area contributed by atoms with Gasteiger partial charge in [-0.1, -0.05) is 6.07 Å². The number of rotatable bonds is 7. The number of amides is 2. The molecule has 2 amide bonds. The smallest absolute Gasteiger partial charge is 0.387 e. The molecule has 0 aliphatic carbocycles. The van der Waals surface area contributed by atoms with Crippen molar-refractivity contribution in [1.82, 2.24) is 10.3 Å². The maximum atomic E-state index is 13.5. The first-order valence-corrected chi connectivity index (χ1v) is 6.98. The average Bonchev–Trinajstić information content (AvgIpc) is 2.55. The third kappa shape index (κ3) is 5.67. The van der Waals surface area contributed by atoms with Crippen molar-refractivity contribution in [1.29, 1.82) is 0 Å². The van der Waals surface area contributed by atoms with Crippen molar-refractivity contribution in [3.8, 4) is 5.75 Å². The first kappa shape index (κ1) is 17.4. The van der Waals surface area contributed by atoms with E-state index in [2.05, 4.69) is 25.7 Å². The van der Waals surface area contributed by atoms with Crippen molar-refractivity contribution in [2.45, 2.75) is 6.61 Å². The fourth-order valence-electron chi connectivity index (χ4n) is 1.78. The first-order chi connectivity index (χ1) is 11.5. The molecule has 0 aliphatic heterocycles. The van der Waals surface area contributed by atoms with E-state index in [1.807, 2.05) is 6.07 Å². The molecule has 0 spiro atoms. The SMILES string of the molecule is O=C(NCCNc1ccccn1)Nc1ccc(OC(F)F)c(F)c1. The Morgan fingerprint density at radius 2 is 2.04 bits per heavy atom. The standard InChI is InChI=1S/C15H15F3N4O2/c16-11-9-10(4-5-12(11)24-14(17)18)22-15(23)21-8-7-20-13-3-1-2-6-19-13/h1-6,9,14H,7-8H2,(H,19,20)(H2,21,22,23). The highest BCUT2D eigenvalue weighted by atomic mass is 19.3. The molecule has 128 valence electrons. The highest BCUT2D eigenvalue weighted by Crippen LogP contribution is 2.22. The summed E-state index contributed by atoms with van der Waals surface area (Å²) in [5.74, 6) is -0.906. The predicted molar refractivity (Wildman–Crippen MR) is 82.8 cm³/mol. The molecule has 6 nitrogen and oxygen atoms in total. The number of benzene rings is 1. The van der Waals surface area contributed by atoms with E-state index in [9.17, 15) is 18.0 Å². The van der Waals surface area contributed by atoms with Gasteiger partial charge in [-0.2, -0.15) is 8.78 Å². The molecule has 0 bridgehead atoms. The Morgan fingerprint density at radius 1 is 1.21 bits per heavy atom. The second kappa shape index (κ2) is 8.61. The Bertz CT molecular complexity index is 671. The summed E-state index contributed by atoms with van der Waals surface area (Å²) in [6.45, 7) is -2.37. The molecule has 2 aromatic rings. The van der Waals surface area contributed by atoms with Crippen LogP contribution in [-0.4, -0.2) is 30.7 Å². The molecular weight excluding hydrogens is 325 g/mol. The van der Waals surface area contributed by atoms with Crippen molar-refractivity contribution < 1.29 is 22.7 Å². The summed E-state index contributed by atoms with van der Waals surface area (Å²) in [7, 11) is 0. The fraction of sp³-hybridized carbons (Fsp3) is 0.200. The molecule has 0 aliphatic rings. The van der Waals surface area contributed by atoms with E-state index in [0.717, 1.165) is 12.1 Å². The van der Waals surface area contributed by atoms with E-state index in [0.29, 0.717) is 18.9 Å². The Hall–Kier alpha value is -2.97. The van der Waals surface area contributed by atoms with Crippen molar-refractivity contribution in [3.05, 3.63) is 48.4 Å². The lowest BCUT2D eigenvalue weighted by molar-refractivity contribution is -0.0521. The van der Waals surface area contributed by atoms with Crippen molar-refractivity contribution in [3.63, 3.8) is 0 Å². The molecule has 0 fully saturated rings. The van der Waals surface area contributed by atoms with Crippen LogP contribution in [0.4, 0.5) is 29.5 Å². The largest absolute Gasteiger partial charge is 0.432 e. The number of urea groups is 1. The highest BCUT2D eigenvalue weighted by molar-refractivity contribution is 5.89. The first-order valence-electron chi connectivity index (χ1n) is 6.98. The van der Waals surface area contributed by atoms with E-state index >= 15 is 0 Å². The zero-order valence-electron chi connectivity index (χ0n) is 12.4. The second-order valence-corrected chi connectivity index (χ2v) is 4.55. The van der Waals surface area contributed by atoms with E-state index in [1.165, 1.54) is 6.07 Å². The molecule has 9 heteroatoms. The molecule has 1 heterocycles. The van der Waals surface area contributed by atoms with Gasteiger partial charge in [0, 0.05) is 31.0 Å². The van der Waals surface area contributed by atoms with Gasteiger partial charge >= 0.3 is 12.6 Å². The van der Waals surface area contributed by atoms with Crippen LogP contribution in [0.5, 0.6) is 5.75 Å². The van der Waals surface area contributed by atoms with Crippen molar-refractivity contribution >= 4 is 17.5 Å². The number of anilines is 2. The monoisotopic (exact) mass is 340 g/mol. The third-order valence-corrected chi connectivity index (χ3v) is 2.79. The number of carbonyl (C=O) groups excluding carboxylic acids is 1. The van der Waals surface area contributed by atoms with Crippen LogP contribution in [0.15, 0.2) is 42.6 Å². The van der Waals surface area contributed by atoms with Gasteiger partial charge in [0.05, 0.1) is 0 Å². The molecule has 0 saturated heterocycles. The maximum Gasteiger partial charge on any atom is 0.387 e. The van der Waals surface area contributed by atoms with E-state index in [4.69, 9.17) is 0 Å². The topological polar surface area (TPSA) is 75.3 Å². The Labute approximate surface area is 136 Å². The molecule has 24 heavy (non-hydrogen) atoms. The summed E-state index contributed by atoms with van der Waals surface area (Å²) in [4.78, 5) is 15.7. The summed E-state index contributed by atoms with van der Waals surface area (Å²) >= 11 is 0. The maximum absolute atomic E-state index is 13.5. The predicted octanol–water partition coefficient (Wildman–Crippen LogP) is 3.06. The summed E-state index contributed by atoms with van der Waals surface area (Å²) in [5, 5.41) is 7.94. The summed E-state index contributed by atoms with van der Waals surface area (Å²) in [6, 6.07) is 8.00. The molecule has 0 unspecified atom stereocenters. The molecule has 0 saturated carbocycles. The number of alkyl halides is 2. The molecule has 0 atom stereocenters. The Balaban J connectivity index is 1.75.